The van der Waals surface area contributed by atoms with Crippen LogP contribution in [0.25, 0.3) is 0 Å². The molecule has 150 valence electrons. The molecule has 0 aromatic heterocycles. The molecule has 0 radical (unpaired) electrons. The number of ether oxygens (including phenoxy) is 1. The van der Waals surface area contributed by atoms with Gasteiger partial charge in [0.25, 0.3) is 0 Å². The Balaban J connectivity index is 1.68. The molecule has 1 aliphatic heterocycles. The highest BCUT2D eigenvalue weighted by Crippen LogP contribution is 2.34. The van der Waals surface area contributed by atoms with Crippen LogP contribution in [0.15, 0.2) is 48.5 Å². The van der Waals surface area contributed by atoms with Crippen LogP contribution in [-0.4, -0.2) is 29.4 Å². The first-order valence-corrected chi connectivity index (χ1v) is 9.21. The molecular formula is C20H20ClF3N2O2. The van der Waals surface area contributed by atoms with E-state index in [1.54, 1.807) is 41.3 Å². The average molecular weight is 413 g/mol. The summed E-state index contributed by atoms with van der Waals surface area (Å²) in [5, 5.41) is 3.46. The summed E-state index contributed by atoms with van der Waals surface area (Å²) in [5.74, 6) is -0.259. The number of rotatable bonds is 4. The number of halogens is 4. The fourth-order valence-electron chi connectivity index (χ4n) is 3.53. The Labute approximate surface area is 166 Å². The third-order valence-electron chi connectivity index (χ3n) is 4.83. The second-order valence-corrected chi connectivity index (χ2v) is 7.49. The molecule has 1 aliphatic rings. The molecule has 1 heterocycles. The van der Waals surface area contributed by atoms with Crippen LogP contribution >= 0.6 is 11.6 Å². The minimum atomic E-state index is -4.71. The maximum Gasteiger partial charge on any atom is 0.573 e. The van der Waals surface area contributed by atoms with E-state index in [2.05, 4.69) is 10.1 Å². The number of urea groups is 1. The van der Waals surface area contributed by atoms with Crippen molar-refractivity contribution in [3.8, 4) is 5.75 Å². The lowest BCUT2D eigenvalue weighted by atomic mass is 9.90. The highest BCUT2D eigenvalue weighted by molar-refractivity contribution is 6.30. The number of likely N-dealkylation sites (tertiary alicyclic amines) is 1. The summed E-state index contributed by atoms with van der Waals surface area (Å²) in [5.41, 5.74) is 1.06. The van der Waals surface area contributed by atoms with E-state index < -0.39 is 11.9 Å². The molecule has 1 saturated heterocycles. The molecule has 0 spiro atoms. The zero-order valence-corrected chi connectivity index (χ0v) is 16.0. The Hall–Kier alpha value is -2.41. The van der Waals surface area contributed by atoms with Gasteiger partial charge in [0.15, 0.2) is 0 Å². The van der Waals surface area contributed by atoms with Crippen molar-refractivity contribution < 1.29 is 22.7 Å². The molecule has 28 heavy (non-hydrogen) atoms. The van der Waals surface area contributed by atoms with E-state index >= 15 is 0 Å². The van der Waals surface area contributed by atoms with Crippen LogP contribution in [0.2, 0.25) is 5.02 Å². The van der Waals surface area contributed by atoms with Crippen molar-refractivity contribution in [2.24, 2.45) is 0 Å². The van der Waals surface area contributed by atoms with Gasteiger partial charge in [0.1, 0.15) is 5.75 Å². The van der Waals surface area contributed by atoms with Gasteiger partial charge in [-0.2, -0.15) is 0 Å². The zero-order chi connectivity index (χ0) is 20.4. The highest BCUT2D eigenvalue weighted by atomic mass is 35.5. The number of nitrogens with one attached hydrogen (secondary N) is 1. The predicted molar refractivity (Wildman–Crippen MR) is 102 cm³/mol. The first-order valence-electron chi connectivity index (χ1n) is 8.84. The Morgan fingerprint density at radius 1 is 1.18 bits per heavy atom. The molecule has 1 fully saturated rings. The molecule has 1 atom stereocenters. The van der Waals surface area contributed by atoms with E-state index in [1.807, 2.05) is 6.92 Å². The van der Waals surface area contributed by atoms with Gasteiger partial charge in [-0.3, -0.25) is 0 Å². The van der Waals surface area contributed by atoms with E-state index in [0.717, 1.165) is 18.4 Å². The van der Waals surface area contributed by atoms with E-state index in [-0.39, 0.29) is 11.8 Å². The van der Waals surface area contributed by atoms with Crippen LogP contribution < -0.4 is 10.1 Å². The summed E-state index contributed by atoms with van der Waals surface area (Å²) < 4.78 is 40.8. The summed E-state index contributed by atoms with van der Waals surface area (Å²) in [7, 11) is 0. The summed E-state index contributed by atoms with van der Waals surface area (Å²) in [6, 6.07) is 12.4. The van der Waals surface area contributed by atoms with Gasteiger partial charge in [-0.15, -0.1) is 13.2 Å². The molecule has 2 aromatic carbocycles. The molecule has 4 nitrogen and oxygen atoms in total. The molecule has 2 aromatic rings. The van der Waals surface area contributed by atoms with Gasteiger partial charge >= 0.3 is 12.4 Å². The van der Waals surface area contributed by atoms with Gasteiger partial charge in [0.05, 0.1) is 0 Å². The van der Waals surface area contributed by atoms with Crippen molar-refractivity contribution in [1.82, 2.24) is 4.90 Å². The number of hydrogen-bond acceptors (Lipinski definition) is 2. The van der Waals surface area contributed by atoms with Crippen LogP contribution in [-0.2, 0) is 6.42 Å². The van der Waals surface area contributed by atoms with E-state index in [0.29, 0.717) is 23.7 Å². The second kappa shape index (κ2) is 7.91. The highest BCUT2D eigenvalue weighted by Gasteiger charge is 2.39. The lowest BCUT2D eigenvalue weighted by molar-refractivity contribution is -0.274. The second-order valence-electron chi connectivity index (χ2n) is 7.06. The normalized spacial score (nSPS) is 19.5. The maximum atomic E-state index is 12.8. The van der Waals surface area contributed by atoms with Crippen LogP contribution in [0.1, 0.15) is 25.3 Å². The van der Waals surface area contributed by atoms with Crippen molar-refractivity contribution in [2.75, 3.05) is 11.9 Å². The quantitative estimate of drug-likeness (QED) is 0.682. The average Bonchev–Trinajstić information content (AvgIpc) is 2.99. The molecule has 0 aliphatic carbocycles. The molecule has 0 bridgehead atoms. The van der Waals surface area contributed by atoms with Crippen LogP contribution in [0, 0.1) is 0 Å². The number of carbonyl (C=O) groups excluding carboxylic acids is 1. The number of alkyl halides is 3. The minimum absolute atomic E-state index is 0.209. The largest absolute Gasteiger partial charge is 0.573 e. The summed E-state index contributed by atoms with van der Waals surface area (Å²) >= 11 is 5.86. The van der Waals surface area contributed by atoms with Crippen LogP contribution in [0.4, 0.5) is 23.7 Å². The Morgan fingerprint density at radius 2 is 1.82 bits per heavy atom. The van der Waals surface area contributed by atoms with Gasteiger partial charge in [-0.05, 0) is 68.1 Å². The Bertz CT molecular complexity index is 825. The molecular weight excluding hydrogens is 393 g/mol. The lowest BCUT2D eigenvalue weighted by Gasteiger charge is -2.35. The Morgan fingerprint density at radius 3 is 2.43 bits per heavy atom. The van der Waals surface area contributed by atoms with Gasteiger partial charge in [-0.1, -0.05) is 23.7 Å². The van der Waals surface area contributed by atoms with Gasteiger partial charge in [0.2, 0.25) is 0 Å². The smallest absolute Gasteiger partial charge is 0.406 e. The number of benzene rings is 2. The van der Waals surface area contributed by atoms with Gasteiger partial charge < -0.3 is 15.0 Å². The molecule has 1 N–H and O–H groups in total. The predicted octanol–water partition coefficient (Wildman–Crippen LogP) is 5.87. The third-order valence-corrected chi connectivity index (χ3v) is 5.08. The number of anilines is 1. The van der Waals surface area contributed by atoms with Crippen molar-refractivity contribution in [3.63, 3.8) is 0 Å². The fourth-order valence-corrected chi connectivity index (χ4v) is 3.65. The zero-order valence-electron chi connectivity index (χ0n) is 15.2. The monoisotopic (exact) mass is 412 g/mol. The summed E-state index contributed by atoms with van der Waals surface area (Å²) in [6.45, 7) is 2.60. The topological polar surface area (TPSA) is 41.6 Å². The van der Waals surface area contributed by atoms with Crippen molar-refractivity contribution in [1.29, 1.82) is 0 Å². The fraction of sp³-hybridized carbons (Fsp3) is 0.350. The minimum Gasteiger partial charge on any atom is -0.406 e. The van der Waals surface area contributed by atoms with Crippen molar-refractivity contribution in [3.05, 3.63) is 59.1 Å². The molecule has 8 heteroatoms. The van der Waals surface area contributed by atoms with Crippen molar-refractivity contribution in [2.45, 2.75) is 38.1 Å². The van der Waals surface area contributed by atoms with Crippen molar-refractivity contribution >= 4 is 23.3 Å². The standard InChI is InChI=1S/C20H20ClF3N2O2/c1-19(13-14-3-9-17(10-4-14)28-20(22,23)24)11-2-12-26(19)18(27)25-16-7-5-15(21)6-8-16/h3-10H,2,11-13H2,1H3,(H,25,27). The number of hydrogen-bond donors (Lipinski definition) is 1. The van der Waals surface area contributed by atoms with Gasteiger partial charge in [-0.25, -0.2) is 4.79 Å². The van der Waals surface area contributed by atoms with Crippen LogP contribution in [0.3, 0.4) is 0 Å². The molecule has 3 rings (SSSR count). The summed E-state index contributed by atoms with van der Waals surface area (Å²) in [6.07, 6.45) is -2.51. The SMILES string of the molecule is CC1(Cc2ccc(OC(F)(F)F)cc2)CCCN1C(=O)Nc1ccc(Cl)cc1. The maximum absolute atomic E-state index is 12.8. The molecule has 1 unspecified atom stereocenters. The van der Waals surface area contributed by atoms with E-state index in [1.165, 1.54) is 12.1 Å². The van der Waals surface area contributed by atoms with Gasteiger partial charge in [0, 0.05) is 22.8 Å². The van der Waals surface area contributed by atoms with Crippen LogP contribution in [0.5, 0.6) is 5.75 Å². The summed E-state index contributed by atoms with van der Waals surface area (Å²) in [4.78, 5) is 14.5. The Kier molecular flexibility index (Phi) is 5.74. The van der Waals surface area contributed by atoms with E-state index in [4.69, 9.17) is 11.6 Å². The molecule has 0 saturated carbocycles. The number of carbonyl (C=O) groups is 1. The lowest BCUT2D eigenvalue weighted by Crippen LogP contribution is -2.48. The number of amides is 2. The first kappa shape index (κ1) is 20.3. The first-order chi connectivity index (χ1) is 13.1. The molecule has 2 amide bonds. The number of nitrogens with zero attached hydrogens (tertiary/aromatic N) is 1. The third kappa shape index (κ3) is 5.10. The van der Waals surface area contributed by atoms with E-state index in [9.17, 15) is 18.0 Å².